The Balaban J connectivity index is 2.37. The highest BCUT2D eigenvalue weighted by Crippen LogP contribution is 2.49. The third-order valence-electron chi connectivity index (χ3n) is 2.89. The maximum Gasteiger partial charge on any atom is 0.141 e. The van der Waals surface area contributed by atoms with E-state index in [0.29, 0.717) is 4.47 Å². The smallest absolute Gasteiger partial charge is 0.141 e. The monoisotopic (exact) mass is 257 g/mol. The van der Waals surface area contributed by atoms with Crippen molar-refractivity contribution in [1.29, 1.82) is 0 Å². The summed E-state index contributed by atoms with van der Waals surface area (Å²) in [5, 5.41) is 3.13. The Labute approximate surface area is 91.8 Å². The van der Waals surface area contributed by atoms with Crippen molar-refractivity contribution in [3.05, 3.63) is 34.1 Å². The fourth-order valence-corrected chi connectivity index (χ4v) is 2.31. The van der Waals surface area contributed by atoms with Crippen LogP contribution >= 0.6 is 15.9 Å². The average Bonchev–Trinajstić information content (AvgIpc) is 2.91. The Morgan fingerprint density at radius 2 is 2.21 bits per heavy atom. The predicted molar refractivity (Wildman–Crippen MR) is 58.9 cm³/mol. The van der Waals surface area contributed by atoms with Crippen LogP contribution in [0, 0.1) is 5.82 Å². The summed E-state index contributed by atoms with van der Waals surface area (Å²) in [4.78, 5) is 0. The molecule has 1 saturated carbocycles. The van der Waals surface area contributed by atoms with Crippen molar-refractivity contribution >= 4 is 15.9 Å². The van der Waals surface area contributed by atoms with Gasteiger partial charge in [0, 0.05) is 12.0 Å². The Kier molecular flexibility index (Phi) is 2.62. The molecule has 0 aliphatic heterocycles. The van der Waals surface area contributed by atoms with E-state index in [-0.39, 0.29) is 11.2 Å². The molecule has 0 unspecified atom stereocenters. The number of nitrogens with one attached hydrogen (secondary N) is 1. The van der Waals surface area contributed by atoms with Gasteiger partial charge in [-0.05, 0) is 47.4 Å². The van der Waals surface area contributed by atoms with Gasteiger partial charge in [-0.2, -0.15) is 0 Å². The molecule has 76 valence electrons. The van der Waals surface area contributed by atoms with E-state index in [4.69, 9.17) is 0 Å². The summed E-state index contributed by atoms with van der Waals surface area (Å²) in [6.45, 7) is 0.861. The molecule has 0 bridgehead atoms. The normalized spacial score (nSPS) is 18.2. The van der Waals surface area contributed by atoms with Crippen LogP contribution in [0.2, 0.25) is 0 Å². The van der Waals surface area contributed by atoms with Crippen molar-refractivity contribution in [2.75, 3.05) is 13.6 Å². The van der Waals surface area contributed by atoms with Gasteiger partial charge in [0.2, 0.25) is 0 Å². The van der Waals surface area contributed by atoms with Crippen molar-refractivity contribution in [3.8, 4) is 0 Å². The summed E-state index contributed by atoms with van der Waals surface area (Å²) >= 11 is 3.22. The Bertz CT molecular complexity index is 347. The van der Waals surface area contributed by atoms with E-state index in [2.05, 4.69) is 21.2 Å². The Morgan fingerprint density at radius 3 is 2.79 bits per heavy atom. The van der Waals surface area contributed by atoms with Crippen molar-refractivity contribution in [3.63, 3.8) is 0 Å². The first-order chi connectivity index (χ1) is 6.69. The van der Waals surface area contributed by atoms with Crippen molar-refractivity contribution in [2.45, 2.75) is 18.3 Å². The van der Waals surface area contributed by atoms with Gasteiger partial charge in [0.25, 0.3) is 0 Å². The number of benzene rings is 1. The molecule has 0 amide bonds. The zero-order valence-corrected chi connectivity index (χ0v) is 9.70. The first-order valence-corrected chi connectivity index (χ1v) is 5.58. The van der Waals surface area contributed by atoms with Gasteiger partial charge in [-0.1, -0.05) is 12.1 Å². The second-order valence-corrected chi connectivity index (χ2v) is 4.77. The molecular weight excluding hydrogens is 245 g/mol. The van der Waals surface area contributed by atoms with Gasteiger partial charge in [-0.15, -0.1) is 0 Å². The van der Waals surface area contributed by atoms with E-state index in [1.807, 2.05) is 19.2 Å². The molecule has 1 N–H and O–H groups in total. The summed E-state index contributed by atoms with van der Waals surface area (Å²) in [6, 6.07) is 5.54. The van der Waals surface area contributed by atoms with Gasteiger partial charge in [-0.25, -0.2) is 4.39 Å². The van der Waals surface area contributed by atoms with E-state index < -0.39 is 0 Å². The SMILES string of the molecule is CNCC1(c2cccc(Br)c2F)CC1. The Hall–Kier alpha value is -0.410. The lowest BCUT2D eigenvalue weighted by molar-refractivity contribution is 0.547. The lowest BCUT2D eigenvalue weighted by Gasteiger charge is -2.16. The van der Waals surface area contributed by atoms with Crippen LogP contribution in [0.15, 0.2) is 22.7 Å². The average molecular weight is 258 g/mol. The maximum absolute atomic E-state index is 13.8. The van der Waals surface area contributed by atoms with E-state index in [0.717, 1.165) is 24.9 Å². The summed E-state index contributed by atoms with van der Waals surface area (Å²) < 4.78 is 14.4. The van der Waals surface area contributed by atoms with Crippen LogP contribution in [-0.2, 0) is 5.41 Å². The lowest BCUT2D eigenvalue weighted by Crippen LogP contribution is -2.24. The molecule has 0 saturated heterocycles. The number of rotatable bonds is 3. The summed E-state index contributed by atoms with van der Waals surface area (Å²) in [6.07, 6.45) is 2.17. The van der Waals surface area contributed by atoms with Crippen molar-refractivity contribution in [2.24, 2.45) is 0 Å². The molecule has 2 rings (SSSR count). The molecule has 0 aromatic heterocycles. The molecular formula is C11H13BrFN. The second-order valence-electron chi connectivity index (χ2n) is 3.91. The van der Waals surface area contributed by atoms with Gasteiger partial charge >= 0.3 is 0 Å². The first-order valence-electron chi connectivity index (χ1n) is 4.79. The molecule has 1 aromatic rings. The molecule has 1 aliphatic rings. The standard InChI is InChI=1S/C11H13BrFN/c1-14-7-11(5-6-11)8-3-2-4-9(12)10(8)13/h2-4,14H,5-7H2,1H3. The van der Waals surface area contributed by atoms with Crippen LogP contribution in [0.5, 0.6) is 0 Å². The lowest BCUT2D eigenvalue weighted by atomic mass is 9.95. The minimum Gasteiger partial charge on any atom is -0.319 e. The number of likely N-dealkylation sites (N-methyl/N-ethyl adjacent to an activating group) is 1. The number of hydrogen-bond donors (Lipinski definition) is 1. The minimum atomic E-state index is -0.0970. The van der Waals surface area contributed by atoms with Crippen LogP contribution in [0.1, 0.15) is 18.4 Å². The Morgan fingerprint density at radius 1 is 1.50 bits per heavy atom. The molecule has 0 atom stereocenters. The molecule has 1 nitrogen and oxygen atoms in total. The molecule has 1 fully saturated rings. The third-order valence-corrected chi connectivity index (χ3v) is 3.50. The van der Waals surface area contributed by atoms with E-state index in [9.17, 15) is 4.39 Å². The first kappa shape index (κ1) is 10.1. The maximum atomic E-state index is 13.8. The number of halogens is 2. The van der Waals surface area contributed by atoms with Gasteiger partial charge in [-0.3, -0.25) is 0 Å². The van der Waals surface area contributed by atoms with Gasteiger partial charge < -0.3 is 5.32 Å². The van der Waals surface area contributed by atoms with E-state index in [1.54, 1.807) is 6.07 Å². The molecule has 1 aromatic carbocycles. The zero-order chi connectivity index (χ0) is 10.2. The summed E-state index contributed by atoms with van der Waals surface area (Å²) in [7, 11) is 1.91. The van der Waals surface area contributed by atoms with E-state index in [1.165, 1.54) is 0 Å². The molecule has 1 aliphatic carbocycles. The van der Waals surface area contributed by atoms with Crippen molar-refractivity contribution in [1.82, 2.24) is 5.32 Å². The van der Waals surface area contributed by atoms with Crippen LogP contribution < -0.4 is 5.32 Å². The predicted octanol–water partition coefficient (Wildman–Crippen LogP) is 2.84. The van der Waals surface area contributed by atoms with Crippen LogP contribution in [0.4, 0.5) is 4.39 Å². The van der Waals surface area contributed by atoms with Gasteiger partial charge in [0.05, 0.1) is 4.47 Å². The van der Waals surface area contributed by atoms with Gasteiger partial charge in [0.1, 0.15) is 5.82 Å². The largest absolute Gasteiger partial charge is 0.319 e. The highest BCUT2D eigenvalue weighted by atomic mass is 79.9. The zero-order valence-electron chi connectivity index (χ0n) is 8.11. The van der Waals surface area contributed by atoms with Crippen LogP contribution in [0.25, 0.3) is 0 Å². The summed E-state index contributed by atoms with van der Waals surface area (Å²) in [5.74, 6) is -0.0970. The highest BCUT2D eigenvalue weighted by molar-refractivity contribution is 9.10. The fourth-order valence-electron chi connectivity index (χ4n) is 1.94. The highest BCUT2D eigenvalue weighted by Gasteiger charge is 2.45. The topological polar surface area (TPSA) is 12.0 Å². The van der Waals surface area contributed by atoms with E-state index >= 15 is 0 Å². The van der Waals surface area contributed by atoms with Crippen LogP contribution in [0.3, 0.4) is 0 Å². The van der Waals surface area contributed by atoms with Gasteiger partial charge in [0.15, 0.2) is 0 Å². The quantitative estimate of drug-likeness (QED) is 0.879. The molecule has 14 heavy (non-hydrogen) atoms. The molecule has 0 heterocycles. The molecule has 0 radical (unpaired) electrons. The fraction of sp³-hybridized carbons (Fsp3) is 0.455. The molecule has 0 spiro atoms. The van der Waals surface area contributed by atoms with Crippen LogP contribution in [-0.4, -0.2) is 13.6 Å². The van der Waals surface area contributed by atoms with Crippen molar-refractivity contribution < 1.29 is 4.39 Å². The summed E-state index contributed by atoms with van der Waals surface area (Å²) in [5.41, 5.74) is 0.907. The minimum absolute atomic E-state index is 0.0581. The second kappa shape index (κ2) is 3.63. The third kappa shape index (κ3) is 1.59. The molecule has 3 heteroatoms. The number of hydrogen-bond acceptors (Lipinski definition) is 1.